The lowest BCUT2D eigenvalue weighted by Crippen LogP contribution is -2.52. The first kappa shape index (κ1) is 23.5. The number of amides is 1. The third kappa shape index (κ3) is 8.34. The van der Waals surface area contributed by atoms with Gasteiger partial charge in [0.1, 0.15) is 6.54 Å². The second-order valence-corrected chi connectivity index (χ2v) is 6.64. The number of rotatable bonds is 7. The zero-order chi connectivity index (χ0) is 18.8. The van der Waals surface area contributed by atoms with Crippen molar-refractivity contribution in [1.29, 1.82) is 0 Å². The number of nitrogens with one attached hydrogen (secondary N) is 2. The highest BCUT2D eigenvalue weighted by Crippen LogP contribution is 2.19. The van der Waals surface area contributed by atoms with E-state index in [1.807, 2.05) is 6.07 Å². The largest absolute Gasteiger partial charge is 0.383 e. The Balaban J connectivity index is 0.00000364. The Bertz CT molecular complexity index is 583. The minimum absolute atomic E-state index is 0. The van der Waals surface area contributed by atoms with E-state index in [1.54, 1.807) is 26.1 Å². The van der Waals surface area contributed by atoms with E-state index in [1.165, 1.54) is 5.69 Å². The summed E-state index contributed by atoms with van der Waals surface area (Å²) in [7, 11) is 5.14. The maximum atomic E-state index is 11.8. The van der Waals surface area contributed by atoms with Gasteiger partial charge in [-0.1, -0.05) is 18.2 Å². The van der Waals surface area contributed by atoms with Gasteiger partial charge < -0.3 is 25.2 Å². The molecule has 1 unspecified atom stereocenters. The molecular formula is C19H32IN5O2. The van der Waals surface area contributed by atoms with Gasteiger partial charge in [0.15, 0.2) is 5.96 Å². The molecule has 0 bridgehead atoms. The van der Waals surface area contributed by atoms with Gasteiger partial charge in [-0.3, -0.25) is 4.79 Å². The molecule has 1 aromatic carbocycles. The number of guanidine groups is 1. The molecule has 1 aromatic rings. The summed E-state index contributed by atoms with van der Waals surface area (Å²) in [6.07, 6.45) is 2.20. The van der Waals surface area contributed by atoms with E-state index in [0.29, 0.717) is 19.1 Å². The van der Waals surface area contributed by atoms with Crippen LogP contribution in [0.2, 0.25) is 0 Å². The van der Waals surface area contributed by atoms with Crippen LogP contribution in [0.3, 0.4) is 0 Å². The molecule has 1 fully saturated rings. The summed E-state index contributed by atoms with van der Waals surface area (Å²) in [4.78, 5) is 20.2. The van der Waals surface area contributed by atoms with Gasteiger partial charge in [0.05, 0.1) is 6.61 Å². The van der Waals surface area contributed by atoms with E-state index >= 15 is 0 Å². The van der Waals surface area contributed by atoms with Crippen LogP contribution < -0.4 is 15.5 Å². The molecule has 2 N–H and O–H groups in total. The molecule has 1 amide bonds. The molecule has 0 spiro atoms. The lowest BCUT2D eigenvalue weighted by Gasteiger charge is -2.35. The maximum Gasteiger partial charge on any atom is 0.243 e. The Hall–Kier alpha value is -1.55. The molecule has 8 heteroatoms. The van der Waals surface area contributed by atoms with Crippen molar-refractivity contribution in [3.63, 3.8) is 0 Å². The highest BCUT2D eigenvalue weighted by molar-refractivity contribution is 14.0. The second kappa shape index (κ2) is 12.8. The Labute approximate surface area is 179 Å². The molecular weight excluding hydrogens is 457 g/mol. The minimum Gasteiger partial charge on any atom is -0.383 e. The summed E-state index contributed by atoms with van der Waals surface area (Å²) in [6.45, 7) is 3.34. The summed E-state index contributed by atoms with van der Waals surface area (Å²) < 4.78 is 5.09. The minimum atomic E-state index is -0.0209. The summed E-state index contributed by atoms with van der Waals surface area (Å²) in [5.74, 6) is 0.643. The number of piperidine rings is 1. The van der Waals surface area contributed by atoms with E-state index in [0.717, 1.165) is 25.9 Å². The number of methoxy groups -OCH3 is 1. The number of hydrogen-bond donors (Lipinski definition) is 2. The number of carbonyl (C=O) groups excluding carboxylic acids is 1. The summed E-state index contributed by atoms with van der Waals surface area (Å²) in [5.41, 5.74) is 1.24. The van der Waals surface area contributed by atoms with Crippen molar-refractivity contribution in [2.24, 2.45) is 4.99 Å². The molecule has 1 atom stereocenters. The first-order chi connectivity index (χ1) is 12.6. The fraction of sp³-hybridized carbons (Fsp3) is 0.579. The van der Waals surface area contributed by atoms with Gasteiger partial charge in [-0.2, -0.15) is 0 Å². The number of nitrogens with zero attached hydrogens (tertiary/aromatic N) is 3. The number of benzene rings is 1. The summed E-state index contributed by atoms with van der Waals surface area (Å²) in [5, 5.41) is 6.72. The number of ether oxygens (including phenoxy) is 1. The molecule has 152 valence electrons. The van der Waals surface area contributed by atoms with E-state index in [2.05, 4.69) is 44.8 Å². The monoisotopic (exact) mass is 489 g/mol. The number of aliphatic imine (C=N–C) groups is 1. The van der Waals surface area contributed by atoms with Crippen LogP contribution in [0.4, 0.5) is 5.69 Å². The van der Waals surface area contributed by atoms with Crippen molar-refractivity contribution in [2.75, 3.05) is 58.9 Å². The lowest BCUT2D eigenvalue weighted by atomic mass is 10.1. The SMILES string of the molecule is COCCNC(=NCC(=O)N(C)C)NC1CCCN(c2ccccc2)C1.I. The van der Waals surface area contributed by atoms with E-state index < -0.39 is 0 Å². The van der Waals surface area contributed by atoms with Gasteiger partial charge in [-0.05, 0) is 25.0 Å². The average molecular weight is 489 g/mol. The summed E-state index contributed by atoms with van der Waals surface area (Å²) >= 11 is 0. The van der Waals surface area contributed by atoms with Crippen LogP contribution in [0.1, 0.15) is 12.8 Å². The molecule has 2 rings (SSSR count). The first-order valence-corrected chi connectivity index (χ1v) is 9.14. The Morgan fingerprint density at radius 2 is 2.07 bits per heavy atom. The molecule has 7 nitrogen and oxygen atoms in total. The van der Waals surface area contributed by atoms with Crippen molar-refractivity contribution < 1.29 is 9.53 Å². The highest BCUT2D eigenvalue weighted by Gasteiger charge is 2.21. The van der Waals surface area contributed by atoms with Crippen molar-refractivity contribution in [2.45, 2.75) is 18.9 Å². The van der Waals surface area contributed by atoms with Crippen LogP contribution in [-0.4, -0.2) is 76.8 Å². The van der Waals surface area contributed by atoms with Crippen LogP contribution in [-0.2, 0) is 9.53 Å². The van der Waals surface area contributed by atoms with Crippen molar-refractivity contribution in [3.8, 4) is 0 Å². The summed E-state index contributed by atoms with van der Waals surface area (Å²) in [6, 6.07) is 10.7. The fourth-order valence-corrected chi connectivity index (χ4v) is 2.87. The molecule has 1 saturated heterocycles. The van der Waals surface area contributed by atoms with Crippen molar-refractivity contribution in [3.05, 3.63) is 30.3 Å². The predicted molar refractivity (Wildman–Crippen MR) is 121 cm³/mol. The molecule has 0 aliphatic carbocycles. The topological polar surface area (TPSA) is 69.2 Å². The second-order valence-electron chi connectivity index (χ2n) is 6.64. The zero-order valence-electron chi connectivity index (χ0n) is 16.5. The number of para-hydroxylation sites is 1. The van der Waals surface area contributed by atoms with Crippen LogP contribution >= 0.6 is 24.0 Å². The number of hydrogen-bond acceptors (Lipinski definition) is 4. The van der Waals surface area contributed by atoms with Gasteiger partial charge in [0.2, 0.25) is 5.91 Å². The average Bonchev–Trinajstić information content (AvgIpc) is 2.66. The van der Waals surface area contributed by atoms with Gasteiger partial charge in [0, 0.05) is 52.6 Å². The molecule has 0 saturated carbocycles. The third-order valence-electron chi connectivity index (χ3n) is 4.35. The van der Waals surface area contributed by atoms with Crippen LogP contribution in [0.15, 0.2) is 35.3 Å². The third-order valence-corrected chi connectivity index (χ3v) is 4.35. The quantitative estimate of drug-likeness (QED) is 0.263. The fourth-order valence-electron chi connectivity index (χ4n) is 2.87. The molecule has 0 aromatic heterocycles. The van der Waals surface area contributed by atoms with Crippen molar-refractivity contribution in [1.82, 2.24) is 15.5 Å². The standard InChI is InChI=1S/C19H31N5O2.HI/c1-23(2)18(25)14-21-19(20-11-13-26-3)22-16-8-7-12-24(15-16)17-9-5-4-6-10-17;/h4-6,9-10,16H,7-8,11-15H2,1-3H3,(H2,20,21,22);1H. The number of carbonyl (C=O) groups is 1. The normalized spacial score (nSPS) is 17.1. The maximum absolute atomic E-state index is 11.8. The first-order valence-electron chi connectivity index (χ1n) is 9.14. The molecule has 27 heavy (non-hydrogen) atoms. The molecule has 0 radical (unpaired) electrons. The van der Waals surface area contributed by atoms with E-state index in [-0.39, 0.29) is 42.5 Å². The van der Waals surface area contributed by atoms with Crippen molar-refractivity contribution >= 4 is 41.5 Å². The smallest absolute Gasteiger partial charge is 0.243 e. The van der Waals surface area contributed by atoms with Crippen LogP contribution in [0.5, 0.6) is 0 Å². The molecule has 1 aliphatic rings. The molecule has 1 heterocycles. The van der Waals surface area contributed by atoms with E-state index in [4.69, 9.17) is 4.74 Å². The number of anilines is 1. The highest BCUT2D eigenvalue weighted by atomic mass is 127. The Morgan fingerprint density at radius 1 is 1.33 bits per heavy atom. The lowest BCUT2D eigenvalue weighted by molar-refractivity contribution is -0.127. The Morgan fingerprint density at radius 3 is 2.74 bits per heavy atom. The predicted octanol–water partition coefficient (Wildman–Crippen LogP) is 1.54. The van der Waals surface area contributed by atoms with Crippen LogP contribution in [0.25, 0.3) is 0 Å². The van der Waals surface area contributed by atoms with Crippen LogP contribution in [0, 0.1) is 0 Å². The van der Waals surface area contributed by atoms with Gasteiger partial charge in [-0.15, -0.1) is 24.0 Å². The number of halogens is 1. The van der Waals surface area contributed by atoms with E-state index in [9.17, 15) is 4.79 Å². The Kier molecular flexibility index (Phi) is 11.1. The van der Waals surface area contributed by atoms with Gasteiger partial charge >= 0.3 is 0 Å². The molecule has 1 aliphatic heterocycles. The van der Waals surface area contributed by atoms with Gasteiger partial charge in [-0.25, -0.2) is 4.99 Å². The van der Waals surface area contributed by atoms with Gasteiger partial charge in [0.25, 0.3) is 0 Å². The number of likely N-dealkylation sites (N-methyl/N-ethyl adjacent to an activating group) is 1. The zero-order valence-corrected chi connectivity index (χ0v) is 18.8.